The second-order valence-electron chi connectivity index (χ2n) is 3.22. The highest BCUT2D eigenvalue weighted by Crippen LogP contribution is 2.14. The molecule has 1 aromatic rings. The highest BCUT2D eigenvalue weighted by atomic mass is 16.3. The van der Waals surface area contributed by atoms with Gasteiger partial charge in [-0.2, -0.15) is 0 Å². The lowest BCUT2D eigenvalue weighted by Gasteiger charge is -2.08. The molecule has 0 radical (unpaired) electrons. The lowest BCUT2D eigenvalue weighted by molar-refractivity contribution is 0.528. The maximum Gasteiger partial charge on any atom is 0.195 e. The van der Waals surface area contributed by atoms with Crippen molar-refractivity contribution >= 4 is 11.9 Å². The number of guanidine groups is 2. The van der Waals surface area contributed by atoms with E-state index in [1.165, 1.54) is 0 Å². The van der Waals surface area contributed by atoms with Gasteiger partial charge in [-0.1, -0.05) is 0 Å². The Labute approximate surface area is 87.9 Å². The van der Waals surface area contributed by atoms with Gasteiger partial charge in [0.1, 0.15) is 5.76 Å². The van der Waals surface area contributed by atoms with Gasteiger partial charge in [0.25, 0.3) is 0 Å². The Bertz CT molecular complexity index is 362. The smallest absolute Gasteiger partial charge is 0.195 e. The zero-order valence-electron chi connectivity index (χ0n) is 8.77. The number of rotatable bonds is 2. The highest BCUT2D eigenvalue weighted by Gasteiger charge is 2.06. The van der Waals surface area contributed by atoms with E-state index in [9.17, 15) is 0 Å². The lowest BCUT2D eigenvalue weighted by Crippen LogP contribution is -2.43. The Morgan fingerprint density at radius 1 is 1.47 bits per heavy atom. The maximum atomic E-state index is 7.39. The van der Waals surface area contributed by atoms with Gasteiger partial charge >= 0.3 is 0 Å². The molecule has 1 rings (SSSR count). The SMILES string of the molecule is Cc1coc(C)c1CNC(=N)NC(=N)N. The minimum absolute atomic E-state index is 0.00231. The minimum atomic E-state index is -0.256. The molecule has 0 bridgehead atoms. The monoisotopic (exact) mass is 209 g/mol. The topological polar surface area (TPSA) is 111 Å². The summed E-state index contributed by atoms with van der Waals surface area (Å²) in [4.78, 5) is 0. The van der Waals surface area contributed by atoms with E-state index in [0.717, 1.165) is 16.9 Å². The van der Waals surface area contributed by atoms with E-state index in [0.29, 0.717) is 6.54 Å². The molecule has 1 heterocycles. The molecule has 0 fully saturated rings. The first-order valence-corrected chi connectivity index (χ1v) is 4.47. The minimum Gasteiger partial charge on any atom is -0.469 e. The van der Waals surface area contributed by atoms with Crippen LogP contribution in [0.3, 0.4) is 0 Å². The summed E-state index contributed by atoms with van der Waals surface area (Å²) in [6.45, 7) is 4.29. The number of hydrogen-bond acceptors (Lipinski definition) is 3. The van der Waals surface area contributed by atoms with Crippen LogP contribution in [0.15, 0.2) is 10.7 Å². The Balaban J connectivity index is 2.50. The third-order valence-corrected chi connectivity index (χ3v) is 2.02. The van der Waals surface area contributed by atoms with E-state index in [4.69, 9.17) is 21.0 Å². The molecule has 6 heteroatoms. The van der Waals surface area contributed by atoms with Crippen molar-refractivity contribution in [3.8, 4) is 0 Å². The highest BCUT2D eigenvalue weighted by molar-refractivity contribution is 5.94. The van der Waals surface area contributed by atoms with Gasteiger partial charge in [0.15, 0.2) is 11.9 Å². The van der Waals surface area contributed by atoms with Crippen LogP contribution in [0.1, 0.15) is 16.9 Å². The molecule has 0 saturated heterocycles. The molecule has 0 unspecified atom stereocenters. The Kier molecular flexibility index (Phi) is 3.33. The van der Waals surface area contributed by atoms with Crippen LogP contribution in [-0.2, 0) is 6.54 Å². The largest absolute Gasteiger partial charge is 0.469 e. The van der Waals surface area contributed by atoms with Crippen molar-refractivity contribution in [2.75, 3.05) is 0 Å². The van der Waals surface area contributed by atoms with Crippen LogP contribution in [0, 0.1) is 24.7 Å². The maximum absolute atomic E-state index is 7.39. The van der Waals surface area contributed by atoms with Crippen LogP contribution in [-0.4, -0.2) is 11.9 Å². The number of hydrogen-bond donors (Lipinski definition) is 5. The van der Waals surface area contributed by atoms with Crippen molar-refractivity contribution in [2.45, 2.75) is 20.4 Å². The first kappa shape index (κ1) is 11.1. The first-order chi connectivity index (χ1) is 7.00. The second-order valence-corrected chi connectivity index (χ2v) is 3.22. The van der Waals surface area contributed by atoms with Crippen molar-refractivity contribution < 1.29 is 4.42 Å². The van der Waals surface area contributed by atoms with Crippen LogP contribution in [0.25, 0.3) is 0 Å². The molecule has 0 aliphatic carbocycles. The van der Waals surface area contributed by atoms with Gasteiger partial charge in [0.2, 0.25) is 0 Å². The number of furan rings is 1. The van der Waals surface area contributed by atoms with E-state index in [1.54, 1.807) is 6.26 Å². The fourth-order valence-corrected chi connectivity index (χ4v) is 1.22. The summed E-state index contributed by atoms with van der Waals surface area (Å²) in [7, 11) is 0. The fraction of sp³-hybridized carbons (Fsp3) is 0.333. The summed E-state index contributed by atoms with van der Waals surface area (Å²) in [5, 5.41) is 19.5. The van der Waals surface area contributed by atoms with Gasteiger partial charge in [0.05, 0.1) is 6.26 Å². The van der Waals surface area contributed by atoms with Gasteiger partial charge < -0.3 is 15.5 Å². The Hall–Kier alpha value is -1.98. The normalized spacial score (nSPS) is 9.73. The third kappa shape index (κ3) is 3.01. The average Bonchev–Trinajstić information content (AvgIpc) is 2.42. The molecule has 0 aromatic carbocycles. The van der Waals surface area contributed by atoms with E-state index in [1.807, 2.05) is 13.8 Å². The standard InChI is InChI=1S/C9H15N5O/c1-5-4-15-6(2)7(5)3-13-9(12)14-8(10)11/h4H,3H2,1-2H3,(H6,10,11,12,13,14). The molecule has 15 heavy (non-hydrogen) atoms. The Morgan fingerprint density at radius 2 is 2.13 bits per heavy atom. The predicted octanol–water partition coefficient (Wildman–Crippen LogP) is 0.404. The Morgan fingerprint density at radius 3 is 2.60 bits per heavy atom. The van der Waals surface area contributed by atoms with E-state index < -0.39 is 0 Å². The molecule has 1 aromatic heterocycles. The average molecular weight is 209 g/mol. The van der Waals surface area contributed by atoms with E-state index in [-0.39, 0.29) is 11.9 Å². The zero-order chi connectivity index (χ0) is 11.4. The van der Waals surface area contributed by atoms with Gasteiger partial charge in [0, 0.05) is 12.1 Å². The molecule has 6 N–H and O–H groups in total. The lowest BCUT2D eigenvalue weighted by atomic mass is 10.2. The summed E-state index contributed by atoms with van der Waals surface area (Å²) in [5.74, 6) is 0.575. The zero-order valence-corrected chi connectivity index (χ0v) is 8.77. The van der Waals surface area contributed by atoms with Crippen LogP contribution in [0.5, 0.6) is 0 Å². The van der Waals surface area contributed by atoms with Crippen LogP contribution in [0.4, 0.5) is 0 Å². The molecule has 0 atom stereocenters. The number of nitrogens with one attached hydrogen (secondary N) is 4. The summed E-state index contributed by atoms with van der Waals surface area (Å²) < 4.78 is 5.21. The summed E-state index contributed by atoms with van der Waals surface area (Å²) >= 11 is 0. The molecule has 0 saturated carbocycles. The number of nitrogens with two attached hydrogens (primary N) is 1. The van der Waals surface area contributed by atoms with Crippen molar-refractivity contribution in [3.05, 3.63) is 23.2 Å². The first-order valence-electron chi connectivity index (χ1n) is 4.47. The summed E-state index contributed by atoms with van der Waals surface area (Å²) in [5.41, 5.74) is 7.13. The fourth-order valence-electron chi connectivity index (χ4n) is 1.22. The van der Waals surface area contributed by atoms with Gasteiger partial charge in [-0.15, -0.1) is 0 Å². The van der Waals surface area contributed by atoms with Gasteiger partial charge in [-0.25, -0.2) is 0 Å². The van der Waals surface area contributed by atoms with Crippen LogP contribution in [0.2, 0.25) is 0 Å². The summed E-state index contributed by atoms with van der Waals surface area (Å²) in [6.07, 6.45) is 1.67. The van der Waals surface area contributed by atoms with Crippen molar-refractivity contribution in [2.24, 2.45) is 5.73 Å². The van der Waals surface area contributed by atoms with Gasteiger partial charge in [-0.05, 0) is 19.4 Å². The summed E-state index contributed by atoms with van der Waals surface area (Å²) in [6, 6.07) is 0. The van der Waals surface area contributed by atoms with Crippen molar-refractivity contribution in [1.82, 2.24) is 10.6 Å². The molecular formula is C9H15N5O. The predicted molar refractivity (Wildman–Crippen MR) is 57.8 cm³/mol. The van der Waals surface area contributed by atoms with Gasteiger partial charge in [-0.3, -0.25) is 16.1 Å². The van der Waals surface area contributed by atoms with Crippen molar-refractivity contribution in [1.29, 1.82) is 10.8 Å². The molecule has 82 valence electrons. The van der Waals surface area contributed by atoms with Crippen LogP contribution >= 0.6 is 0 Å². The molecular weight excluding hydrogens is 194 g/mol. The number of aryl methyl sites for hydroxylation is 2. The molecule has 6 nitrogen and oxygen atoms in total. The quantitative estimate of drug-likeness (QED) is 0.358. The second kappa shape index (κ2) is 4.50. The van der Waals surface area contributed by atoms with E-state index in [2.05, 4.69) is 10.6 Å². The molecule has 0 aliphatic rings. The molecule has 0 amide bonds. The van der Waals surface area contributed by atoms with E-state index >= 15 is 0 Å². The van der Waals surface area contributed by atoms with Crippen molar-refractivity contribution in [3.63, 3.8) is 0 Å². The molecule has 0 spiro atoms. The third-order valence-electron chi connectivity index (χ3n) is 2.02. The van der Waals surface area contributed by atoms with Crippen LogP contribution < -0.4 is 16.4 Å². The molecule has 0 aliphatic heterocycles.